The quantitative estimate of drug-likeness (QED) is 0.510. The lowest BCUT2D eigenvalue weighted by Crippen LogP contribution is -2.41. The fourth-order valence-corrected chi connectivity index (χ4v) is 5.10. The monoisotopic (exact) mass is 461 g/mol. The van der Waals surface area contributed by atoms with E-state index in [4.69, 9.17) is 16.2 Å². The molecule has 1 unspecified atom stereocenters. The molecule has 2 aromatic rings. The molecule has 34 heavy (non-hydrogen) atoms. The molecule has 1 aromatic carbocycles. The number of carbonyl (C=O) groups excluding carboxylic acids is 1. The minimum atomic E-state index is -0.250. The lowest BCUT2D eigenvalue weighted by molar-refractivity contribution is 0.0272. The Hall–Kier alpha value is -3.19. The van der Waals surface area contributed by atoms with Gasteiger partial charge in [0, 0.05) is 36.8 Å². The highest BCUT2D eigenvalue weighted by atomic mass is 16.5. The van der Waals surface area contributed by atoms with Gasteiger partial charge in [-0.05, 0) is 55.2 Å². The van der Waals surface area contributed by atoms with Crippen LogP contribution >= 0.6 is 0 Å². The zero-order chi connectivity index (χ0) is 23.9. The van der Waals surface area contributed by atoms with Gasteiger partial charge in [0.2, 0.25) is 0 Å². The molecule has 0 spiro atoms. The van der Waals surface area contributed by atoms with E-state index in [-0.39, 0.29) is 23.9 Å². The lowest BCUT2D eigenvalue weighted by atomic mass is 9.96. The van der Waals surface area contributed by atoms with Crippen LogP contribution in [0.1, 0.15) is 77.9 Å². The summed E-state index contributed by atoms with van der Waals surface area (Å²) >= 11 is 0. The third kappa shape index (κ3) is 5.65. The third-order valence-electron chi connectivity index (χ3n) is 6.95. The first-order valence-corrected chi connectivity index (χ1v) is 12.2. The van der Waals surface area contributed by atoms with Crippen LogP contribution in [0, 0.1) is 0 Å². The number of nitrogens with two attached hydrogens (primary N) is 2. The predicted molar refractivity (Wildman–Crippen MR) is 137 cm³/mol. The van der Waals surface area contributed by atoms with Crippen LogP contribution in [0.4, 0.5) is 5.82 Å². The number of pyridine rings is 1. The average Bonchev–Trinajstić information content (AvgIpc) is 3.54. The van der Waals surface area contributed by atoms with Crippen molar-refractivity contribution in [3.8, 4) is 0 Å². The van der Waals surface area contributed by atoms with Crippen molar-refractivity contribution >= 4 is 23.5 Å². The van der Waals surface area contributed by atoms with Crippen molar-refractivity contribution in [2.45, 2.75) is 69.6 Å². The number of nitrogens with zero attached hydrogens (tertiary/aromatic N) is 2. The van der Waals surface area contributed by atoms with E-state index in [0.717, 1.165) is 19.3 Å². The maximum absolute atomic E-state index is 13.1. The highest BCUT2D eigenvalue weighted by Crippen LogP contribution is 2.34. The van der Waals surface area contributed by atoms with Crippen molar-refractivity contribution in [1.82, 2.24) is 10.3 Å². The van der Waals surface area contributed by atoms with Gasteiger partial charge in [0.15, 0.2) is 0 Å². The van der Waals surface area contributed by atoms with Crippen LogP contribution in [0.5, 0.6) is 0 Å². The molecule has 1 heterocycles. The van der Waals surface area contributed by atoms with Crippen molar-refractivity contribution in [1.29, 1.82) is 0 Å². The largest absolute Gasteiger partial charge is 0.404 e. The average molecular weight is 462 g/mol. The smallest absolute Gasteiger partial charge is 0.255 e. The zero-order valence-corrected chi connectivity index (χ0v) is 19.9. The van der Waals surface area contributed by atoms with Crippen LogP contribution in [0.15, 0.2) is 47.7 Å². The molecule has 2 aliphatic carbocycles. The first-order valence-electron chi connectivity index (χ1n) is 12.2. The van der Waals surface area contributed by atoms with E-state index >= 15 is 0 Å². The van der Waals surface area contributed by atoms with Crippen LogP contribution in [0.25, 0.3) is 5.57 Å². The van der Waals surface area contributed by atoms with Gasteiger partial charge in [-0.25, -0.2) is 4.98 Å². The first kappa shape index (κ1) is 24.0. The highest BCUT2D eigenvalue weighted by Gasteiger charge is 2.30. The van der Waals surface area contributed by atoms with Gasteiger partial charge < -0.3 is 21.5 Å². The van der Waals surface area contributed by atoms with Crippen LogP contribution in [-0.2, 0) is 11.3 Å². The molecule has 5 N–H and O–H groups in total. The Bertz CT molecular complexity index is 1060. The van der Waals surface area contributed by atoms with Gasteiger partial charge in [-0.1, -0.05) is 37.1 Å². The number of benzene rings is 1. The molecule has 7 nitrogen and oxygen atoms in total. The SMILES string of the molecule is CN=CC(=CN)c1cnc(N)c(C(=O)N[C@H]2CCCC2OCc2cccc(C3CCCC3)c2)c1. The fraction of sp³-hybridized carbons (Fsp3) is 0.444. The van der Waals surface area contributed by atoms with Gasteiger partial charge in [-0.15, -0.1) is 0 Å². The maximum Gasteiger partial charge on any atom is 0.255 e. The van der Waals surface area contributed by atoms with Crippen LogP contribution in [-0.4, -0.2) is 36.3 Å². The summed E-state index contributed by atoms with van der Waals surface area (Å²) in [6, 6.07) is 10.4. The number of nitrogens with one attached hydrogen (secondary N) is 1. The molecule has 1 amide bonds. The number of nitrogen functional groups attached to an aromatic ring is 1. The van der Waals surface area contributed by atoms with Crippen molar-refractivity contribution in [2.24, 2.45) is 10.7 Å². The fourth-order valence-electron chi connectivity index (χ4n) is 5.10. The summed E-state index contributed by atoms with van der Waals surface area (Å²) in [4.78, 5) is 21.3. The lowest BCUT2D eigenvalue weighted by Gasteiger charge is -2.22. The maximum atomic E-state index is 13.1. The second kappa shape index (κ2) is 11.3. The molecule has 7 heteroatoms. The van der Waals surface area contributed by atoms with Crippen LogP contribution in [0.2, 0.25) is 0 Å². The normalized spacial score (nSPS) is 21.4. The second-order valence-corrected chi connectivity index (χ2v) is 9.25. The minimum absolute atomic E-state index is 0.0248. The van der Waals surface area contributed by atoms with Gasteiger partial charge in [0.05, 0.1) is 24.3 Å². The van der Waals surface area contributed by atoms with Gasteiger partial charge in [0.25, 0.3) is 5.91 Å². The Morgan fingerprint density at radius 1 is 1.21 bits per heavy atom. The van der Waals surface area contributed by atoms with Gasteiger partial charge in [-0.2, -0.15) is 0 Å². The van der Waals surface area contributed by atoms with Crippen LogP contribution in [0.3, 0.4) is 0 Å². The molecule has 2 aliphatic rings. The van der Waals surface area contributed by atoms with E-state index in [0.29, 0.717) is 29.2 Å². The molecule has 2 fully saturated rings. The third-order valence-corrected chi connectivity index (χ3v) is 6.95. The minimum Gasteiger partial charge on any atom is -0.404 e. The summed E-state index contributed by atoms with van der Waals surface area (Å²) in [6.45, 7) is 0.553. The molecule has 2 saturated carbocycles. The molecule has 2 atom stereocenters. The Kier molecular flexibility index (Phi) is 7.95. The van der Waals surface area contributed by atoms with Crippen LogP contribution < -0.4 is 16.8 Å². The Labute approximate surface area is 201 Å². The number of hydrogen-bond donors (Lipinski definition) is 3. The number of carbonyl (C=O) groups is 1. The topological polar surface area (TPSA) is 116 Å². The number of allylic oxidation sites excluding steroid dienone is 1. The Morgan fingerprint density at radius 3 is 2.79 bits per heavy atom. The number of amides is 1. The van der Waals surface area contributed by atoms with Gasteiger partial charge in [0.1, 0.15) is 5.82 Å². The van der Waals surface area contributed by atoms with E-state index in [2.05, 4.69) is 39.6 Å². The van der Waals surface area contributed by atoms with Gasteiger partial charge >= 0.3 is 0 Å². The number of aliphatic imine (C=N–C) groups is 1. The van der Waals surface area contributed by atoms with Crippen molar-refractivity contribution in [3.05, 3.63) is 65.0 Å². The molecule has 0 aliphatic heterocycles. The van der Waals surface area contributed by atoms with Crippen molar-refractivity contribution in [3.63, 3.8) is 0 Å². The van der Waals surface area contributed by atoms with E-state index in [1.165, 1.54) is 43.0 Å². The summed E-state index contributed by atoms with van der Waals surface area (Å²) in [7, 11) is 1.66. The van der Waals surface area contributed by atoms with E-state index in [1.807, 2.05) is 0 Å². The Balaban J connectivity index is 1.39. The molecular formula is C27H35N5O2. The molecule has 0 bridgehead atoms. The Morgan fingerprint density at radius 2 is 2.03 bits per heavy atom. The highest BCUT2D eigenvalue weighted by molar-refractivity contribution is 6.10. The van der Waals surface area contributed by atoms with Gasteiger partial charge in [-0.3, -0.25) is 9.79 Å². The second-order valence-electron chi connectivity index (χ2n) is 9.25. The van der Waals surface area contributed by atoms with Crippen molar-refractivity contribution in [2.75, 3.05) is 12.8 Å². The molecule has 4 rings (SSSR count). The standard InChI is InChI=1S/C27H35N5O2/c1-30-15-22(14-28)21-13-23(26(29)31-16-21)27(33)32-24-10-5-11-25(24)34-17-18-6-4-9-20(12-18)19-7-2-3-8-19/h4,6,9,12-16,19,24-25H,2-3,5,7-8,10-11,17,28H2,1H3,(H2,29,31)(H,32,33)/t24-,25?/m0/s1. The number of ether oxygens (including phenoxy) is 1. The predicted octanol–water partition coefficient (Wildman–Crippen LogP) is 4.19. The number of hydrogen-bond acceptors (Lipinski definition) is 6. The first-order chi connectivity index (χ1) is 16.6. The summed E-state index contributed by atoms with van der Waals surface area (Å²) in [5.41, 5.74) is 16.0. The zero-order valence-electron chi connectivity index (χ0n) is 19.9. The molecular weight excluding hydrogens is 426 g/mol. The summed E-state index contributed by atoms with van der Waals surface area (Å²) in [5.74, 6) is 0.622. The van der Waals surface area contributed by atoms with E-state index < -0.39 is 0 Å². The number of aromatic nitrogens is 1. The summed E-state index contributed by atoms with van der Waals surface area (Å²) in [5, 5.41) is 3.13. The number of rotatable bonds is 8. The molecule has 0 saturated heterocycles. The summed E-state index contributed by atoms with van der Waals surface area (Å²) in [6.07, 6.45) is 12.7. The van der Waals surface area contributed by atoms with E-state index in [9.17, 15) is 4.79 Å². The van der Waals surface area contributed by atoms with Crippen molar-refractivity contribution < 1.29 is 9.53 Å². The molecule has 180 valence electrons. The molecule has 0 radical (unpaired) electrons. The molecule has 1 aromatic heterocycles. The van der Waals surface area contributed by atoms with E-state index in [1.54, 1.807) is 25.5 Å². The number of anilines is 1. The summed E-state index contributed by atoms with van der Waals surface area (Å²) < 4.78 is 6.29.